The molecule has 0 bridgehead atoms. The van der Waals surface area contributed by atoms with Crippen molar-refractivity contribution in [1.29, 1.82) is 0 Å². The average molecular weight is 252 g/mol. The summed E-state index contributed by atoms with van der Waals surface area (Å²) in [6, 6.07) is 1.94. The van der Waals surface area contributed by atoms with Crippen LogP contribution in [-0.4, -0.2) is 48.2 Å². The molecule has 0 aliphatic rings. The number of aryl methyl sites for hydroxylation is 1. The summed E-state index contributed by atoms with van der Waals surface area (Å²) in [5.41, 5.74) is 0.991. The molecule has 5 nitrogen and oxygen atoms in total. The Balaban J connectivity index is 2.60. The van der Waals surface area contributed by atoms with E-state index in [0.717, 1.165) is 50.2 Å². The molecule has 0 aliphatic heterocycles. The molecule has 18 heavy (non-hydrogen) atoms. The van der Waals surface area contributed by atoms with E-state index in [1.54, 1.807) is 0 Å². The number of hydrogen-bond donors (Lipinski definition) is 1. The van der Waals surface area contributed by atoms with Crippen molar-refractivity contribution in [1.82, 2.24) is 14.9 Å². The molecule has 0 aromatic carbocycles. The maximum Gasteiger partial charge on any atom is 0.144 e. The predicted molar refractivity (Wildman–Crippen MR) is 73.8 cm³/mol. The van der Waals surface area contributed by atoms with Gasteiger partial charge >= 0.3 is 0 Å². The van der Waals surface area contributed by atoms with Crippen LogP contribution in [0.2, 0.25) is 0 Å². The molecule has 1 aromatic rings. The summed E-state index contributed by atoms with van der Waals surface area (Å²) in [6.07, 6.45) is 0. The van der Waals surface area contributed by atoms with Gasteiger partial charge in [0.15, 0.2) is 0 Å². The Hall–Kier alpha value is -1.20. The van der Waals surface area contributed by atoms with Crippen LogP contribution in [0.15, 0.2) is 6.07 Å². The molecular weight excluding hydrogens is 228 g/mol. The number of aromatic nitrogens is 2. The maximum absolute atomic E-state index is 5.38. The molecule has 1 rings (SSSR count). The summed E-state index contributed by atoms with van der Waals surface area (Å²) in [6.45, 7) is 10.3. The zero-order valence-corrected chi connectivity index (χ0v) is 11.9. The minimum atomic E-state index is 0.759. The number of hydrogen-bond acceptors (Lipinski definition) is 5. The lowest BCUT2D eigenvalue weighted by Crippen LogP contribution is -2.28. The molecule has 1 N–H and O–H groups in total. The van der Waals surface area contributed by atoms with Crippen molar-refractivity contribution >= 4 is 5.82 Å². The monoisotopic (exact) mass is 252 g/mol. The molecule has 0 atom stereocenters. The molecule has 0 amide bonds. The van der Waals surface area contributed by atoms with Crippen LogP contribution < -0.4 is 5.32 Å². The highest BCUT2D eigenvalue weighted by Crippen LogP contribution is 2.07. The summed E-state index contributed by atoms with van der Waals surface area (Å²) in [4.78, 5) is 11.2. The molecule has 1 aromatic heterocycles. The predicted octanol–water partition coefficient (Wildman–Crippen LogP) is 1.69. The lowest BCUT2D eigenvalue weighted by molar-refractivity contribution is 0.112. The van der Waals surface area contributed by atoms with Gasteiger partial charge < -0.3 is 10.1 Å². The SMILES string of the molecule is CCOCCN(CC)Cc1nc(C)cc(NC)n1. The first kappa shape index (κ1) is 14.9. The Labute approximate surface area is 110 Å². The molecule has 5 heteroatoms. The fraction of sp³-hybridized carbons (Fsp3) is 0.692. The summed E-state index contributed by atoms with van der Waals surface area (Å²) in [5, 5.41) is 3.06. The lowest BCUT2D eigenvalue weighted by atomic mass is 10.4. The van der Waals surface area contributed by atoms with Crippen molar-refractivity contribution in [2.75, 3.05) is 38.7 Å². The second-order valence-electron chi connectivity index (χ2n) is 4.13. The third-order valence-corrected chi connectivity index (χ3v) is 2.72. The van der Waals surface area contributed by atoms with E-state index in [2.05, 4.69) is 27.1 Å². The van der Waals surface area contributed by atoms with E-state index < -0.39 is 0 Å². The second kappa shape index (κ2) is 8.00. The minimum Gasteiger partial charge on any atom is -0.380 e. The number of nitrogens with one attached hydrogen (secondary N) is 1. The number of ether oxygens (including phenoxy) is 1. The van der Waals surface area contributed by atoms with Gasteiger partial charge in [-0.25, -0.2) is 9.97 Å². The van der Waals surface area contributed by atoms with Crippen LogP contribution in [-0.2, 0) is 11.3 Å². The van der Waals surface area contributed by atoms with Gasteiger partial charge in [0.25, 0.3) is 0 Å². The molecule has 102 valence electrons. The minimum absolute atomic E-state index is 0.759. The number of likely N-dealkylation sites (N-methyl/N-ethyl adjacent to an activating group) is 1. The molecular formula is C13H24N4O. The van der Waals surface area contributed by atoms with E-state index in [-0.39, 0.29) is 0 Å². The van der Waals surface area contributed by atoms with Gasteiger partial charge in [0.2, 0.25) is 0 Å². The van der Waals surface area contributed by atoms with E-state index >= 15 is 0 Å². The topological polar surface area (TPSA) is 50.3 Å². The second-order valence-corrected chi connectivity index (χ2v) is 4.13. The fourth-order valence-electron chi connectivity index (χ4n) is 1.72. The van der Waals surface area contributed by atoms with Crippen LogP contribution in [0.5, 0.6) is 0 Å². The third kappa shape index (κ3) is 4.98. The van der Waals surface area contributed by atoms with Gasteiger partial charge in [0.1, 0.15) is 11.6 Å². The van der Waals surface area contributed by atoms with Crippen molar-refractivity contribution in [2.45, 2.75) is 27.3 Å². The Kier molecular flexibility index (Phi) is 6.60. The normalized spacial score (nSPS) is 10.9. The van der Waals surface area contributed by atoms with Gasteiger partial charge in [-0.1, -0.05) is 6.92 Å². The van der Waals surface area contributed by atoms with E-state index in [1.165, 1.54) is 0 Å². The number of anilines is 1. The smallest absolute Gasteiger partial charge is 0.144 e. The summed E-state index contributed by atoms with van der Waals surface area (Å²) in [7, 11) is 1.87. The lowest BCUT2D eigenvalue weighted by Gasteiger charge is -2.19. The summed E-state index contributed by atoms with van der Waals surface area (Å²) in [5.74, 6) is 1.73. The Bertz CT molecular complexity index is 357. The largest absolute Gasteiger partial charge is 0.380 e. The molecule has 0 fully saturated rings. The Morgan fingerprint density at radius 3 is 2.72 bits per heavy atom. The highest BCUT2D eigenvalue weighted by Gasteiger charge is 2.07. The van der Waals surface area contributed by atoms with Gasteiger partial charge in [0.05, 0.1) is 13.2 Å². The fourth-order valence-corrected chi connectivity index (χ4v) is 1.72. The number of rotatable bonds is 8. The molecule has 0 saturated heterocycles. The highest BCUT2D eigenvalue weighted by atomic mass is 16.5. The van der Waals surface area contributed by atoms with E-state index in [9.17, 15) is 0 Å². The Morgan fingerprint density at radius 1 is 1.33 bits per heavy atom. The van der Waals surface area contributed by atoms with Crippen LogP contribution >= 0.6 is 0 Å². The first-order chi connectivity index (χ1) is 8.69. The number of nitrogens with zero attached hydrogens (tertiary/aromatic N) is 3. The van der Waals surface area contributed by atoms with Crippen LogP contribution in [0, 0.1) is 6.92 Å². The van der Waals surface area contributed by atoms with E-state index in [1.807, 2.05) is 27.0 Å². The van der Waals surface area contributed by atoms with Gasteiger partial charge in [-0.3, -0.25) is 4.90 Å². The Morgan fingerprint density at radius 2 is 2.11 bits per heavy atom. The highest BCUT2D eigenvalue weighted by molar-refractivity contribution is 5.34. The zero-order valence-electron chi connectivity index (χ0n) is 11.9. The summed E-state index contributed by atoms with van der Waals surface area (Å²) < 4.78 is 5.38. The third-order valence-electron chi connectivity index (χ3n) is 2.72. The molecule has 0 unspecified atom stereocenters. The van der Waals surface area contributed by atoms with Crippen LogP contribution in [0.25, 0.3) is 0 Å². The molecule has 1 heterocycles. The zero-order chi connectivity index (χ0) is 13.4. The molecule has 0 aliphatic carbocycles. The standard InChI is InChI=1S/C13H24N4O/c1-5-17(7-8-18-6-2)10-13-15-11(3)9-12(14-4)16-13/h9H,5-8,10H2,1-4H3,(H,14,15,16). The van der Waals surface area contributed by atoms with Crippen molar-refractivity contribution in [2.24, 2.45) is 0 Å². The van der Waals surface area contributed by atoms with Gasteiger partial charge in [0, 0.05) is 32.0 Å². The van der Waals surface area contributed by atoms with Crippen LogP contribution in [0.3, 0.4) is 0 Å². The molecule has 0 spiro atoms. The average Bonchev–Trinajstić information content (AvgIpc) is 2.37. The van der Waals surface area contributed by atoms with Crippen molar-refractivity contribution in [3.63, 3.8) is 0 Å². The van der Waals surface area contributed by atoms with Crippen LogP contribution in [0.4, 0.5) is 5.82 Å². The van der Waals surface area contributed by atoms with Crippen molar-refractivity contribution in [3.8, 4) is 0 Å². The summed E-state index contributed by atoms with van der Waals surface area (Å²) >= 11 is 0. The molecule has 0 saturated carbocycles. The van der Waals surface area contributed by atoms with E-state index in [0.29, 0.717) is 0 Å². The van der Waals surface area contributed by atoms with Gasteiger partial charge in [-0.2, -0.15) is 0 Å². The van der Waals surface area contributed by atoms with Crippen LogP contribution in [0.1, 0.15) is 25.4 Å². The molecule has 0 radical (unpaired) electrons. The quantitative estimate of drug-likeness (QED) is 0.713. The maximum atomic E-state index is 5.38. The van der Waals surface area contributed by atoms with Crippen molar-refractivity contribution < 1.29 is 4.74 Å². The first-order valence-corrected chi connectivity index (χ1v) is 6.52. The first-order valence-electron chi connectivity index (χ1n) is 6.52. The van der Waals surface area contributed by atoms with Crippen molar-refractivity contribution in [3.05, 3.63) is 17.6 Å². The van der Waals surface area contributed by atoms with Gasteiger partial charge in [-0.15, -0.1) is 0 Å². The van der Waals surface area contributed by atoms with E-state index in [4.69, 9.17) is 4.74 Å². The van der Waals surface area contributed by atoms with Gasteiger partial charge in [-0.05, 0) is 20.4 Å².